The van der Waals surface area contributed by atoms with Crippen LogP contribution in [0.3, 0.4) is 0 Å². The fourth-order valence-electron chi connectivity index (χ4n) is 10.8. The molecule has 330 valence electrons. The molecule has 0 N–H and O–H groups in total. The Morgan fingerprint density at radius 3 is 1.04 bits per heavy atom. The maximum atomic E-state index is 6.59. The summed E-state index contributed by atoms with van der Waals surface area (Å²) in [5, 5.41) is 10.1. The van der Waals surface area contributed by atoms with E-state index >= 15 is 0 Å². The molecule has 16 rings (SSSR count). The zero-order chi connectivity index (χ0) is 46.3. The van der Waals surface area contributed by atoms with Crippen LogP contribution in [-0.2, 0) is 0 Å². The minimum Gasteiger partial charge on any atom is -0.456 e. The van der Waals surface area contributed by atoms with Crippen LogP contribution in [0.2, 0.25) is 0 Å². The molecule has 16 aromatic rings. The summed E-state index contributed by atoms with van der Waals surface area (Å²) < 4.78 is 32.0. The predicted octanol–water partition coefficient (Wildman–Crippen LogP) is 17.7. The molecule has 71 heavy (non-hydrogen) atoms. The lowest BCUT2D eigenvalue weighted by Gasteiger charge is -2.10. The molecule has 8 nitrogen and oxygen atoms in total. The van der Waals surface area contributed by atoms with Gasteiger partial charge in [-0.15, -0.1) is 0 Å². The maximum Gasteiger partial charge on any atom is 0.164 e. The lowest BCUT2D eigenvalue weighted by Crippen LogP contribution is -2.00. The predicted molar refractivity (Wildman–Crippen MR) is 283 cm³/mol. The number of hydrogen-bond acceptors (Lipinski definition) is 8. The van der Waals surface area contributed by atoms with Gasteiger partial charge in [-0.1, -0.05) is 109 Å². The molecule has 0 spiro atoms. The molecule has 10 aromatic carbocycles. The van der Waals surface area contributed by atoms with Crippen molar-refractivity contribution >= 4 is 110 Å². The molecule has 0 unspecified atom stereocenters. The lowest BCUT2D eigenvalue weighted by atomic mass is 9.99. The zero-order valence-electron chi connectivity index (χ0n) is 37.4. The summed E-state index contributed by atoms with van der Waals surface area (Å²) in [4.78, 5) is 16.0. The van der Waals surface area contributed by atoms with Crippen LogP contribution in [0.1, 0.15) is 0 Å². The van der Waals surface area contributed by atoms with E-state index < -0.39 is 0 Å². The molecule has 6 aromatic heterocycles. The SMILES string of the molecule is c1ccc2c(c1)oc1cc(-c3nc(-c4cccc5oc6ccc(-c7ccc8oc9ccccc9c8c7)cc6c45)nc(-c4cccc5oc6ccc(-c7ccc8oc9ccccc9c8c7)cc6c45)n3)ccc12. The highest BCUT2D eigenvalue weighted by Crippen LogP contribution is 2.43. The van der Waals surface area contributed by atoms with Gasteiger partial charge in [0, 0.05) is 70.6 Å². The van der Waals surface area contributed by atoms with E-state index in [1.807, 2.05) is 97.1 Å². The Hall–Kier alpha value is -9.79. The molecule has 0 aliphatic rings. The van der Waals surface area contributed by atoms with Crippen LogP contribution in [0.5, 0.6) is 0 Å². The molecule has 0 bridgehead atoms. The van der Waals surface area contributed by atoms with Gasteiger partial charge in [-0.05, 0) is 113 Å². The van der Waals surface area contributed by atoms with Crippen molar-refractivity contribution in [2.75, 3.05) is 0 Å². The maximum absolute atomic E-state index is 6.59. The molecular formula is C63H33N3O5. The third-order valence-corrected chi connectivity index (χ3v) is 14.2. The van der Waals surface area contributed by atoms with Gasteiger partial charge in [0.25, 0.3) is 0 Å². The van der Waals surface area contributed by atoms with Crippen LogP contribution in [0, 0.1) is 0 Å². The van der Waals surface area contributed by atoms with E-state index in [0.717, 1.165) is 149 Å². The van der Waals surface area contributed by atoms with Crippen LogP contribution < -0.4 is 0 Å². The average Bonchev–Trinajstić information content (AvgIpc) is 4.25. The van der Waals surface area contributed by atoms with Crippen molar-refractivity contribution < 1.29 is 22.1 Å². The number of fused-ring (bicyclic) bond motifs is 15. The molecule has 0 saturated carbocycles. The van der Waals surface area contributed by atoms with Crippen molar-refractivity contribution in [3.63, 3.8) is 0 Å². The Morgan fingerprint density at radius 1 is 0.211 bits per heavy atom. The number of rotatable bonds is 5. The molecular weight excluding hydrogens is 879 g/mol. The Morgan fingerprint density at radius 2 is 0.549 bits per heavy atom. The van der Waals surface area contributed by atoms with Crippen molar-refractivity contribution in [2.45, 2.75) is 0 Å². The van der Waals surface area contributed by atoms with Gasteiger partial charge in [0.2, 0.25) is 0 Å². The molecule has 6 heterocycles. The highest BCUT2D eigenvalue weighted by Gasteiger charge is 2.22. The molecule has 0 fully saturated rings. The van der Waals surface area contributed by atoms with Crippen molar-refractivity contribution in [3.05, 3.63) is 200 Å². The van der Waals surface area contributed by atoms with Gasteiger partial charge in [-0.25, -0.2) is 15.0 Å². The van der Waals surface area contributed by atoms with Crippen molar-refractivity contribution in [1.82, 2.24) is 15.0 Å². The van der Waals surface area contributed by atoms with Gasteiger partial charge in [-0.2, -0.15) is 0 Å². The van der Waals surface area contributed by atoms with Gasteiger partial charge in [0.15, 0.2) is 17.5 Å². The minimum absolute atomic E-state index is 0.504. The molecule has 0 saturated heterocycles. The highest BCUT2D eigenvalue weighted by atomic mass is 16.3. The Balaban J connectivity index is 0.903. The van der Waals surface area contributed by atoms with Crippen LogP contribution >= 0.6 is 0 Å². The monoisotopic (exact) mass is 911 g/mol. The van der Waals surface area contributed by atoms with Gasteiger partial charge in [0.05, 0.1) is 0 Å². The van der Waals surface area contributed by atoms with Gasteiger partial charge < -0.3 is 22.1 Å². The molecule has 0 radical (unpaired) electrons. The van der Waals surface area contributed by atoms with E-state index in [4.69, 9.17) is 37.0 Å². The van der Waals surface area contributed by atoms with E-state index in [1.54, 1.807) is 0 Å². The van der Waals surface area contributed by atoms with E-state index in [2.05, 4.69) is 103 Å². The number of nitrogens with zero attached hydrogens (tertiary/aromatic N) is 3. The largest absolute Gasteiger partial charge is 0.456 e. The zero-order valence-corrected chi connectivity index (χ0v) is 37.4. The number of aromatic nitrogens is 3. The number of para-hydroxylation sites is 3. The van der Waals surface area contributed by atoms with Gasteiger partial charge in [-0.3, -0.25) is 0 Å². The van der Waals surface area contributed by atoms with E-state index in [9.17, 15) is 0 Å². The Bertz CT molecular complexity index is 4660. The van der Waals surface area contributed by atoms with Crippen molar-refractivity contribution in [2.24, 2.45) is 0 Å². The smallest absolute Gasteiger partial charge is 0.164 e. The lowest BCUT2D eigenvalue weighted by molar-refractivity contribution is 0.668. The van der Waals surface area contributed by atoms with Crippen molar-refractivity contribution in [3.8, 4) is 56.4 Å². The average molecular weight is 912 g/mol. The van der Waals surface area contributed by atoms with Crippen molar-refractivity contribution in [1.29, 1.82) is 0 Å². The first-order chi connectivity index (χ1) is 35.1. The standard InChI is InChI=1S/C63H33N3O5/c1-4-14-49-39(9-1)42-24-19-38(33-58(42)71-49)61-64-62(43-12-7-17-56-59(43)47-31-36(22-27-54(47)69-56)34-20-25-52-45(29-34)40-10-2-5-15-50(40)67-52)66-63(65-61)44-13-8-18-57-60(44)48-32-37(23-28-55(48)70-57)35-21-26-53-46(30-35)41-11-3-6-16-51(41)68-53/h1-33H. The third kappa shape index (κ3) is 5.76. The second-order valence-corrected chi connectivity index (χ2v) is 18.2. The number of furan rings is 5. The van der Waals surface area contributed by atoms with Crippen LogP contribution in [0.4, 0.5) is 0 Å². The quantitative estimate of drug-likeness (QED) is 0.168. The minimum atomic E-state index is 0.504. The normalized spacial score (nSPS) is 12.2. The molecule has 8 heteroatoms. The fraction of sp³-hybridized carbons (Fsp3) is 0. The van der Waals surface area contributed by atoms with Gasteiger partial charge in [0.1, 0.15) is 55.8 Å². The number of benzene rings is 10. The first-order valence-corrected chi connectivity index (χ1v) is 23.5. The molecule has 0 aliphatic heterocycles. The van der Waals surface area contributed by atoms with Crippen LogP contribution in [0.15, 0.2) is 222 Å². The Kier molecular flexibility index (Phi) is 7.73. The summed E-state index contributed by atoms with van der Waals surface area (Å²) in [6.07, 6.45) is 0. The first kappa shape index (κ1) is 38.2. The first-order valence-electron chi connectivity index (χ1n) is 23.5. The number of hydrogen-bond donors (Lipinski definition) is 0. The Labute approximate surface area is 401 Å². The van der Waals surface area contributed by atoms with E-state index in [-0.39, 0.29) is 0 Å². The summed E-state index contributed by atoms with van der Waals surface area (Å²) in [6.45, 7) is 0. The fourth-order valence-corrected chi connectivity index (χ4v) is 10.8. The molecule has 0 atom stereocenters. The van der Waals surface area contributed by atoms with E-state index in [0.29, 0.717) is 17.5 Å². The van der Waals surface area contributed by atoms with Gasteiger partial charge >= 0.3 is 0 Å². The topological polar surface area (TPSA) is 104 Å². The van der Waals surface area contributed by atoms with Crippen LogP contribution in [0.25, 0.3) is 166 Å². The van der Waals surface area contributed by atoms with E-state index in [1.165, 1.54) is 0 Å². The molecule has 0 amide bonds. The molecule has 0 aliphatic carbocycles. The second kappa shape index (κ2) is 14.4. The summed E-state index contributed by atoms with van der Waals surface area (Å²) in [6, 6.07) is 68.2. The highest BCUT2D eigenvalue weighted by molar-refractivity contribution is 6.16. The summed E-state index contributed by atoms with van der Waals surface area (Å²) >= 11 is 0. The third-order valence-electron chi connectivity index (χ3n) is 14.2. The van der Waals surface area contributed by atoms with Crippen LogP contribution in [-0.4, -0.2) is 15.0 Å². The summed E-state index contributed by atoms with van der Waals surface area (Å²) in [5.74, 6) is 1.52. The second-order valence-electron chi connectivity index (χ2n) is 18.2. The summed E-state index contributed by atoms with van der Waals surface area (Å²) in [5.41, 5.74) is 14.7. The summed E-state index contributed by atoms with van der Waals surface area (Å²) in [7, 11) is 0.